The zero-order valence-electron chi connectivity index (χ0n) is 15.1. The molecule has 3 amide bonds. The Morgan fingerprint density at radius 1 is 1.40 bits per heavy atom. The second kappa shape index (κ2) is 7.43. The lowest BCUT2D eigenvalue weighted by molar-refractivity contribution is -0.117. The van der Waals surface area contributed by atoms with Crippen molar-refractivity contribution in [2.45, 2.75) is 51.2 Å². The number of likely N-dealkylation sites (tertiary alicyclic amines) is 1. The maximum absolute atomic E-state index is 12.4. The van der Waals surface area contributed by atoms with E-state index in [-0.39, 0.29) is 36.0 Å². The largest absolute Gasteiger partial charge is 0.383 e. The minimum atomic E-state index is -0.0750. The Kier molecular flexibility index (Phi) is 5.27. The van der Waals surface area contributed by atoms with Gasteiger partial charge < -0.3 is 20.3 Å². The average molecular weight is 349 g/mol. The molecule has 0 radical (unpaired) electrons. The monoisotopic (exact) mass is 349 g/mol. The summed E-state index contributed by atoms with van der Waals surface area (Å²) in [4.78, 5) is 26.1. The highest BCUT2D eigenvalue weighted by molar-refractivity contribution is 5.93. The van der Waals surface area contributed by atoms with Gasteiger partial charge in [0.2, 0.25) is 5.91 Å². The van der Waals surface area contributed by atoms with Crippen LogP contribution in [0.25, 0.3) is 0 Å². The predicted octanol–water partition coefficient (Wildman–Crippen LogP) is 1.61. The fourth-order valence-corrected chi connectivity index (χ4v) is 3.20. The molecule has 0 spiro atoms. The van der Waals surface area contributed by atoms with Gasteiger partial charge in [-0.15, -0.1) is 0 Å². The lowest BCUT2D eigenvalue weighted by Gasteiger charge is -2.25. The zero-order chi connectivity index (χ0) is 18.0. The SMILES string of the molecule is COC[C@@H]1C[C@H](n2cc(NC(=O)C3CC3)cn2)CN1C(=O)NC(C)C. The van der Waals surface area contributed by atoms with Crippen LogP contribution in [0.1, 0.15) is 39.2 Å². The van der Waals surface area contributed by atoms with Crippen LogP contribution in [0.5, 0.6) is 0 Å². The van der Waals surface area contributed by atoms with Gasteiger partial charge in [-0.1, -0.05) is 0 Å². The molecule has 2 N–H and O–H groups in total. The molecule has 2 atom stereocenters. The van der Waals surface area contributed by atoms with Crippen molar-refractivity contribution in [3.63, 3.8) is 0 Å². The quantitative estimate of drug-likeness (QED) is 0.817. The number of methoxy groups -OCH3 is 1. The van der Waals surface area contributed by atoms with Gasteiger partial charge in [-0.25, -0.2) is 4.79 Å². The summed E-state index contributed by atoms with van der Waals surface area (Å²) in [5, 5.41) is 10.2. The Morgan fingerprint density at radius 2 is 2.16 bits per heavy atom. The van der Waals surface area contributed by atoms with Gasteiger partial charge in [-0.2, -0.15) is 5.10 Å². The molecule has 1 aromatic rings. The van der Waals surface area contributed by atoms with E-state index >= 15 is 0 Å². The number of rotatable bonds is 6. The summed E-state index contributed by atoms with van der Waals surface area (Å²) in [5.74, 6) is 0.234. The van der Waals surface area contributed by atoms with Gasteiger partial charge in [0.25, 0.3) is 0 Å². The molecule has 1 aliphatic carbocycles. The molecule has 1 aromatic heterocycles. The van der Waals surface area contributed by atoms with Crippen LogP contribution in [-0.4, -0.2) is 59.0 Å². The lowest BCUT2D eigenvalue weighted by Crippen LogP contribution is -2.46. The maximum Gasteiger partial charge on any atom is 0.317 e. The third-order valence-corrected chi connectivity index (χ3v) is 4.62. The number of nitrogens with one attached hydrogen (secondary N) is 2. The van der Waals surface area contributed by atoms with Gasteiger partial charge in [0.1, 0.15) is 0 Å². The van der Waals surface area contributed by atoms with Crippen molar-refractivity contribution in [1.82, 2.24) is 20.0 Å². The third kappa shape index (κ3) is 4.31. The number of ether oxygens (including phenoxy) is 1. The summed E-state index contributed by atoms with van der Waals surface area (Å²) in [6.07, 6.45) is 6.24. The first kappa shape index (κ1) is 17.7. The van der Waals surface area contributed by atoms with Crippen LogP contribution in [0.3, 0.4) is 0 Å². The van der Waals surface area contributed by atoms with Crippen molar-refractivity contribution in [1.29, 1.82) is 0 Å². The standard InChI is InChI=1S/C17H27N5O3/c1-11(2)19-17(24)21-9-14(6-15(21)10-25-3)22-8-13(7-18-22)20-16(23)12-4-5-12/h7-8,11-12,14-15H,4-6,9-10H2,1-3H3,(H,19,24)(H,20,23)/t14-,15-/m0/s1. The summed E-state index contributed by atoms with van der Waals surface area (Å²) in [6.45, 7) is 4.96. The Morgan fingerprint density at radius 3 is 2.80 bits per heavy atom. The Balaban J connectivity index is 1.65. The number of anilines is 1. The molecule has 1 aliphatic heterocycles. The van der Waals surface area contributed by atoms with Crippen LogP contribution >= 0.6 is 0 Å². The molecule has 2 fully saturated rings. The average Bonchev–Trinajstić information content (AvgIpc) is 3.16. The van der Waals surface area contributed by atoms with Gasteiger partial charge in [0.05, 0.1) is 30.6 Å². The van der Waals surface area contributed by atoms with Gasteiger partial charge in [0, 0.05) is 31.8 Å². The molecule has 0 bridgehead atoms. The second-order valence-corrected chi connectivity index (χ2v) is 7.23. The first-order valence-corrected chi connectivity index (χ1v) is 8.89. The Labute approximate surface area is 147 Å². The van der Waals surface area contributed by atoms with Crippen molar-refractivity contribution >= 4 is 17.6 Å². The number of urea groups is 1. The summed E-state index contributed by atoms with van der Waals surface area (Å²) >= 11 is 0. The highest BCUT2D eigenvalue weighted by Gasteiger charge is 2.37. The Bertz CT molecular complexity index is 626. The number of hydrogen-bond donors (Lipinski definition) is 2. The third-order valence-electron chi connectivity index (χ3n) is 4.62. The normalized spacial score (nSPS) is 23.1. The number of nitrogens with zero attached hydrogens (tertiary/aromatic N) is 3. The fraction of sp³-hybridized carbons (Fsp3) is 0.706. The molecule has 25 heavy (non-hydrogen) atoms. The van der Waals surface area contributed by atoms with E-state index in [1.165, 1.54) is 0 Å². The van der Waals surface area contributed by atoms with E-state index in [0.717, 1.165) is 19.3 Å². The van der Waals surface area contributed by atoms with Crippen LogP contribution in [0.2, 0.25) is 0 Å². The molecular weight excluding hydrogens is 322 g/mol. The van der Waals surface area contributed by atoms with Crippen molar-refractivity contribution in [2.75, 3.05) is 25.6 Å². The topological polar surface area (TPSA) is 88.5 Å². The van der Waals surface area contributed by atoms with Gasteiger partial charge in [-0.05, 0) is 33.1 Å². The molecule has 8 nitrogen and oxygen atoms in total. The van der Waals surface area contributed by atoms with Crippen LogP contribution in [0, 0.1) is 5.92 Å². The smallest absolute Gasteiger partial charge is 0.317 e. The van der Waals surface area contributed by atoms with Crippen LogP contribution in [0.15, 0.2) is 12.4 Å². The first-order valence-electron chi connectivity index (χ1n) is 8.89. The fourth-order valence-electron chi connectivity index (χ4n) is 3.20. The van der Waals surface area contributed by atoms with E-state index in [4.69, 9.17) is 4.74 Å². The summed E-state index contributed by atoms with van der Waals surface area (Å²) in [5.41, 5.74) is 0.713. The maximum atomic E-state index is 12.4. The zero-order valence-corrected chi connectivity index (χ0v) is 15.1. The van der Waals surface area contributed by atoms with Crippen molar-refractivity contribution in [3.05, 3.63) is 12.4 Å². The van der Waals surface area contributed by atoms with Crippen molar-refractivity contribution in [3.8, 4) is 0 Å². The van der Waals surface area contributed by atoms with Crippen LogP contribution in [-0.2, 0) is 9.53 Å². The molecule has 8 heteroatoms. The van der Waals surface area contributed by atoms with Crippen LogP contribution < -0.4 is 10.6 Å². The highest BCUT2D eigenvalue weighted by atomic mass is 16.5. The summed E-state index contributed by atoms with van der Waals surface area (Å²) < 4.78 is 7.12. The molecule has 138 valence electrons. The molecule has 2 heterocycles. The van der Waals surface area contributed by atoms with E-state index in [0.29, 0.717) is 18.8 Å². The van der Waals surface area contributed by atoms with Crippen molar-refractivity contribution in [2.24, 2.45) is 5.92 Å². The number of hydrogen-bond acceptors (Lipinski definition) is 4. The lowest BCUT2D eigenvalue weighted by atomic mass is 10.2. The molecule has 3 rings (SSSR count). The number of carbonyl (C=O) groups excluding carboxylic acids is 2. The Hall–Kier alpha value is -2.09. The summed E-state index contributed by atoms with van der Waals surface area (Å²) in [7, 11) is 1.64. The molecule has 2 aliphatic rings. The predicted molar refractivity (Wildman–Crippen MR) is 93.3 cm³/mol. The highest BCUT2D eigenvalue weighted by Crippen LogP contribution is 2.31. The molecule has 0 aromatic carbocycles. The minimum Gasteiger partial charge on any atom is -0.383 e. The summed E-state index contributed by atoms with van der Waals surface area (Å²) in [6, 6.07) is 0.102. The van der Waals surface area contributed by atoms with E-state index in [2.05, 4.69) is 15.7 Å². The van der Waals surface area contributed by atoms with Gasteiger partial charge in [-0.3, -0.25) is 9.48 Å². The van der Waals surface area contributed by atoms with E-state index in [1.54, 1.807) is 13.3 Å². The van der Waals surface area contributed by atoms with Crippen molar-refractivity contribution < 1.29 is 14.3 Å². The van der Waals surface area contributed by atoms with E-state index in [9.17, 15) is 9.59 Å². The first-order chi connectivity index (χ1) is 12.0. The minimum absolute atomic E-state index is 0.0162. The number of carbonyl (C=O) groups is 2. The molecule has 0 unspecified atom stereocenters. The van der Waals surface area contributed by atoms with Crippen LogP contribution in [0.4, 0.5) is 10.5 Å². The number of aromatic nitrogens is 2. The van der Waals surface area contributed by atoms with E-state index < -0.39 is 0 Å². The van der Waals surface area contributed by atoms with Gasteiger partial charge >= 0.3 is 6.03 Å². The second-order valence-electron chi connectivity index (χ2n) is 7.23. The molecule has 1 saturated heterocycles. The van der Waals surface area contributed by atoms with Gasteiger partial charge in [0.15, 0.2) is 0 Å². The molecular formula is C17H27N5O3. The van der Waals surface area contributed by atoms with E-state index in [1.807, 2.05) is 29.6 Å². The molecule has 1 saturated carbocycles. The number of amides is 3.